The second kappa shape index (κ2) is 8.66. The van der Waals surface area contributed by atoms with Gasteiger partial charge in [0.15, 0.2) is 0 Å². The Morgan fingerprint density at radius 1 is 1.05 bits per heavy atom. The summed E-state index contributed by atoms with van der Waals surface area (Å²) in [7, 11) is 0. The molecule has 0 saturated heterocycles. The van der Waals surface area contributed by atoms with Crippen molar-refractivity contribution in [2.24, 2.45) is 23.5 Å². The lowest BCUT2D eigenvalue weighted by molar-refractivity contribution is -0.137. The van der Waals surface area contributed by atoms with Crippen LogP contribution in [0.2, 0.25) is 0 Å². The van der Waals surface area contributed by atoms with Crippen LogP contribution >= 0.6 is 0 Å². The molecular weight excluding hydrogens is 248 g/mol. The summed E-state index contributed by atoms with van der Waals surface area (Å²) in [5.41, 5.74) is 6.18. The lowest BCUT2D eigenvalue weighted by atomic mass is 9.84. The van der Waals surface area contributed by atoms with Crippen LogP contribution in [0.4, 0.5) is 0 Å². The first-order valence-corrected chi connectivity index (χ1v) is 8.46. The molecule has 1 amide bonds. The van der Waals surface area contributed by atoms with E-state index in [2.05, 4.69) is 32.6 Å². The zero-order valence-corrected chi connectivity index (χ0v) is 13.9. The van der Waals surface area contributed by atoms with Gasteiger partial charge in [-0.25, -0.2) is 0 Å². The SMILES string of the molecule is CC(C)CCN(CCC(C)C)C(=O)C1CCCCC1N. The van der Waals surface area contributed by atoms with E-state index in [9.17, 15) is 4.79 Å². The van der Waals surface area contributed by atoms with Crippen LogP contribution in [0.5, 0.6) is 0 Å². The van der Waals surface area contributed by atoms with Crippen molar-refractivity contribution in [3.05, 3.63) is 0 Å². The molecule has 1 aliphatic carbocycles. The Kier molecular flexibility index (Phi) is 7.57. The fourth-order valence-corrected chi connectivity index (χ4v) is 2.86. The Morgan fingerprint density at radius 2 is 1.55 bits per heavy atom. The molecule has 0 aromatic carbocycles. The first kappa shape index (κ1) is 17.5. The summed E-state index contributed by atoms with van der Waals surface area (Å²) in [6.07, 6.45) is 6.52. The molecule has 3 nitrogen and oxygen atoms in total. The molecule has 1 fully saturated rings. The average molecular weight is 282 g/mol. The van der Waals surface area contributed by atoms with Crippen LogP contribution in [0.25, 0.3) is 0 Å². The molecule has 3 heteroatoms. The Morgan fingerprint density at radius 3 is 2.00 bits per heavy atom. The van der Waals surface area contributed by atoms with Gasteiger partial charge in [-0.15, -0.1) is 0 Å². The van der Waals surface area contributed by atoms with Gasteiger partial charge >= 0.3 is 0 Å². The minimum atomic E-state index is 0.0723. The Hall–Kier alpha value is -0.570. The predicted molar refractivity (Wildman–Crippen MR) is 85.4 cm³/mol. The van der Waals surface area contributed by atoms with E-state index >= 15 is 0 Å². The van der Waals surface area contributed by atoms with Crippen molar-refractivity contribution in [1.82, 2.24) is 4.90 Å². The van der Waals surface area contributed by atoms with E-state index in [1.54, 1.807) is 0 Å². The highest BCUT2D eigenvalue weighted by molar-refractivity contribution is 5.79. The number of hydrogen-bond donors (Lipinski definition) is 1. The first-order chi connectivity index (χ1) is 9.41. The molecule has 0 aromatic rings. The predicted octanol–water partition coefficient (Wildman–Crippen LogP) is 3.42. The van der Waals surface area contributed by atoms with Crippen LogP contribution in [-0.2, 0) is 4.79 Å². The summed E-state index contributed by atoms with van der Waals surface area (Å²) in [6.45, 7) is 10.7. The highest BCUT2D eigenvalue weighted by Crippen LogP contribution is 2.25. The lowest BCUT2D eigenvalue weighted by Crippen LogP contribution is -2.46. The fourth-order valence-electron chi connectivity index (χ4n) is 2.86. The van der Waals surface area contributed by atoms with Crippen molar-refractivity contribution in [2.75, 3.05) is 13.1 Å². The van der Waals surface area contributed by atoms with E-state index in [1.807, 2.05) is 0 Å². The van der Waals surface area contributed by atoms with Gasteiger partial charge in [0.05, 0.1) is 5.92 Å². The van der Waals surface area contributed by atoms with Gasteiger partial charge in [0.25, 0.3) is 0 Å². The smallest absolute Gasteiger partial charge is 0.227 e. The summed E-state index contributed by atoms with van der Waals surface area (Å²) in [5, 5.41) is 0. The molecule has 118 valence electrons. The second-order valence-electron chi connectivity index (χ2n) is 7.25. The van der Waals surface area contributed by atoms with E-state index in [0.717, 1.165) is 45.2 Å². The molecule has 0 heterocycles. The minimum Gasteiger partial charge on any atom is -0.342 e. The van der Waals surface area contributed by atoms with Gasteiger partial charge in [0.1, 0.15) is 0 Å². The van der Waals surface area contributed by atoms with Crippen LogP contribution in [0.15, 0.2) is 0 Å². The average Bonchev–Trinajstić information content (AvgIpc) is 2.38. The maximum Gasteiger partial charge on any atom is 0.227 e. The number of nitrogens with two attached hydrogens (primary N) is 1. The molecule has 1 rings (SSSR count). The minimum absolute atomic E-state index is 0.0723. The van der Waals surface area contributed by atoms with Crippen molar-refractivity contribution in [3.8, 4) is 0 Å². The molecule has 0 spiro atoms. The zero-order valence-electron chi connectivity index (χ0n) is 13.9. The van der Waals surface area contributed by atoms with Crippen LogP contribution < -0.4 is 5.73 Å². The van der Waals surface area contributed by atoms with E-state index < -0.39 is 0 Å². The van der Waals surface area contributed by atoms with Crippen molar-refractivity contribution < 1.29 is 4.79 Å². The molecule has 0 bridgehead atoms. The quantitative estimate of drug-likeness (QED) is 0.777. The molecule has 1 aliphatic rings. The van der Waals surface area contributed by atoms with Crippen molar-refractivity contribution >= 4 is 5.91 Å². The van der Waals surface area contributed by atoms with Crippen molar-refractivity contribution in [3.63, 3.8) is 0 Å². The zero-order chi connectivity index (χ0) is 15.1. The third-order valence-electron chi connectivity index (χ3n) is 4.40. The number of amides is 1. The Bertz CT molecular complexity index is 277. The largest absolute Gasteiger partial charge is 0.342 e. The monoisotopic (exact) mass is 282 g/mol. The van der Waals surface area contributed by atoms with Gasteiger partial charge in [-0.1, -0.05) is 40.5 Å². The van der Waals surface area contributed by atoms with Crippen LogP contribution in [0.1, 0.15) is 66.2 Å². The number of hydrogen-bond acceptors (Lipinski definition) is 2. The summed E-state index contributed by atoms with van der Waals surface area (Å²) in [6, 6.07) is 0.0804. The number of carbonyl (C=O) groups is 1. The second-order valence-corrected chi connectivity index (χ2v) is 7.25. The highest BCUT2D eigenvalue weighted by Gasteiger charge is 2.31. The number of rotatable bonds is 7. The number of nitrogens with zero attached hydrogens (tertiary/aromatic N) is 1. The van der Waals surface area contributed by atoms with Gasteiger partial charge in [0.2, 0.25) is 5.91 Å². The van der Waals surface area contributed by atoms with Gasteiger partial charge in [-0.05, 0) is 37.5 Å². The number of carbonyl (C=O) groups excluding carboxylic acids is 1. The van der Waals surface area contributed by atoms with Crippen LogP contribution in [0, 0.1) is 17.8 Å². The Balaban J connectivity index is 2.61. The summed E-state index contributed by atoms with van der Waals surface area (Å²) < 4.78 is 0. The van der Waals surface area contributed by atoms with E-state index in [4.69, 9.17) is 5.73 Å². The summed E-state index contributed by atoms with van der Waals surface area (Å²) in [4.78, 5) is 14.9. The molecule has 2 N–H and O–H groups in total. The van der Waals surface area contributed by atoms with Crippen LogP contribution in [0.3, 0.4) is 0 Å². The molecule has 2 unspecified atom stereocenters. The third kappa shape index (κ3) is 5.82. The lowest BCUT2D eigenvalue weighted by Gasteiger charge is -2.33. The topological polar surface area (TPSA) is 46.3 Å². The molecule has 0 aliphatic heterocycles. The van der Waals surface area contributed by atoms with Gasteiger partial charge in [-0.2, -0.15) is 0 Å². The van der Waals surface area contributed by atoms with Gasteiger partial charge in [-0.3, -0.25) is 4.79 Å². The Labute approximate surface area is 125 Å². The fraction of sp³-hybridized carbons (Fsp3) is 0.941. The van der Waals surface area contributed by atoms with Gasteiger partial charge in [0, 0.05) is 19.1 Å². The van der Waals surface area contributed by atoms with E-state index in [-0.39, 0.29) is 12.0 Å². The highest BCUT2D eigenvalue weighted by atomic mass is 16.2. The maximum atomic E-state index is 12.8. The maximum absolute atomic E-state index is 12.8. The molecule has 0 aromatic heterocycles. The molecule has 0 radical (unpaired) electrons. The normalized spacial score (nSPS) is 23.4. The third-order valence-corrected chi connectivity index (χ3v) is 4.40. The molecule has 2 atom stereocenters. The van der Waals surface area contributed by atoms with Gasteiger partial charge < -0.3 is 10.6 Å². The molecule has 20 heavy (non-hydrogen) atoms. The van der Waals surface area contributed by atoms with Crippen molar-refractivity contribution in [2.45, 2.75) is 72.3 Å². The first-order valence-electron chi connectivity index (χ1n) is 8.46. The summed E-state index contributed by atoms with van der Waals surface area (Å²) in [5.74, 6) is 1.68. The molecular formula is C17H34N2O. The van der Waals surface area contributed by atoms with Crippen molar-refractivity contribution in [1.29, 1.82) is 0 Å². The molecule has 1 saturated carbocycles. The van der Waals surface area contributed by atoms with Crippen LogP contribution in [-0.4, -0.2) is 29.9 Å². The van der Waals surface area contributed by atoms with E-state index in [0.29, 0.717) is 17.7 Å². The van der Waals surface area contributed by atoms with E-state index in [1.165, 1.54) is 6.42 Å². The standard InChI is InChI=1S/C17H34N2O/c1-13(2)9-11-19(12-10-14(3)4)17(20)15-7-5-6-8-16(15)18/h13-16H,5-12,18H2,1-4H3. The summed E-state index contributed by atoms with van der Waals surface area (Å²) >= 11 is 0.